The van der Waals surface area contributed by atoms with Crippen LogP contribution in [0.1, 0.15) is 36.4 Å². The molecule has 1 amide bonds. The molecule has 3 nitrogen and oxygen atoms in total. The lowest BCUT2D eigenvalue weighted by molar-refractivity contribution is -0.132. The van der Waals surface area contributed by atoms with Crippen molar-refractivity contribution in [3.8, 4) is 0 Å². The summed E-state index contributed by atoms with van der Waals surface area (Å²) in [5.41, 5.74) is 2.43. The maximum absolute atomic E-state index is 12.5. The van der Waals surface area contributed by atoms with Crippen LogP contribution in [0.3, 0.4) is 0 Å². The van der Waals surface area contributed by atoms with Crippen LogP contribution in [0.2, 0.25) is 0 Å². The summed E-state index contributed by atoms with van der Waals surface area (Å²) in [7, 11) is 0. The Hall–Kier alpha value is -2.16. The summed E-state index contributed by atoms with van der Waals surface area (Å²) in [6, 6.07) is 14.5. The second kappa shape index (κ2) is 6.53. The molecule has 1 aromatic carbocycles. The van der Waals surface area contributed by atoms with E-state index in [1.54, 1.807) is 12.4 Å². The molecule has 2 heterocycles. The van der Waals surface area contributed by atoms with Crippen molar-refractivity contribution in [1.29, 1.82) is 0 Å². The molecule has 1 aromatic heterocycles. The van der Waals surface area contributed by atoms with Gasteiger partial charge < -0.3 is 4.90 Å². The molecule has 0 radical (unpaired) electrons. The number of hydrogen-bond donors (Lipinski definition) is 0. The van der Waals surface area contributed by atoms with Gasteiger partial charge in [-0.1, -0.05) is 30.3 Å². The number of rotatable bonds is 4. The van der Waals surface area contributed by atoms with E-state index in [0.717, 1.165) is 25.8 Å². The largest absolute Gasteiger partial charge is 0.336 e. The second-order valence-corrected chi connectivity index (χ2v) is 5.51. The van der Waals surface area contributed by atoms with Gasteiger partial charge >= 0.3 is 0 Å². The van der Waals surface area contributed by atoms with Crippen LogP contribution in [0.4, 0.5) is 0 Å². The van der Waals surface area contributed by atoms with Crippen LogP contribution >= 0.6 is 0 Å². The summed E-state index contributed by atoms with van der Waals surface area (Å²) in [5, 5.41) is 0. The highest BCUT2D eigenvalue weighted by Gasteiger charge is 2.29. The van der Waals surface area contributed by atoms with Crippen molar-refractivity contribution in [3.63, 3.8) is 0 Å². The Morgan fingerprint density at radius 3 is 2.67 bits per heavy atom. The van der Waals surface area contributed by atoms with Gasteiger partial charge in [0.15, 0.2) is 0 Å². The van der Waals surface area contributed by atoms with Gasteiger partial charge in [0.25, 0.3) is 0 Å². The number of amides is 1. The Morgan fingerprint density at radius 2 is 1.90 bits per heavy atom. The fourth-order valence-corrected chi connectivity index (χ4v) is 3.04. The van der Waals surface area contributed by atoms with Gasteiger partial charge in [-0.3, -0.25) is 9.78 Å². The number of likely N-dealkylation sites (tertiary alicyclic amines) is 1. The minimum absolute atomic E-state index is 0.233. The second-order valence-electron chi connectivity index (χ2n) is 5.51. The lowest BCUT2D eigenvalue weighted by Crippen LogP contribution is -2.30. The summed E-state index contributed by atoms with van der Waals surface area (Å²) < 4.78 is 0. The van der Waals surface area contributed by atoms with E-state index in [4.69, 9.17) is 0 Å². The number of aryl methyl sites for hydroxylation is 1. The summed E-state index contributed by atoms with van der Waals surface area (Å²) in [6.45, 7) is 0.876. The van der Waals surface area contributed by atoms with Crippen LogP contribution in [0.15, 0.2) is 54.9 Å². The molecule has 2 aromatic rings. The number of carbonyl (C=O) groups excluding carboxylic acids is 1. The molecule has 21 heavy (non-hydrogen) atoms. The van der Waals surface area contributed by atoms with E-state index in [2.05, 4.69) is 17.1 Å². The first-order chi connectivity index (χ1) is 10.3. The monoisotopic (exact) mass is 280 g/mol. The Balaban J connectivity index is 1.64. The van der Waals surface area contributed by atoms with Crippen molar-refractivity contribution < 1.29 is 4.79 Å². The van der Waals surface area contributed by atoms with Gasteiger partial charge in [0.05, 0.1) is 6.04 Å². The predicted octanol–water partition coefficient (Wildman–Crippen LogP) is 3.38. The summed E-state index contributed by atoms with van der Waals surface area (Å²) in [4.78, 5) is 18.6. The first kappa shape index (κ1) is 13.8. The van der Waals surface area contributed by atoms with E-state index < -0.39 is 0 Å². The number of pyridine rings is 1. The molecule has 1 saturated heterocycles. The molecule has 0 bridgehead atoms. The average molecular weight is 280 g/mol. The SMILES string of the molecule is O=C(CCc1ccccc1)N1CCC[C@H]1c1ccncc1. The summed E-state index contributed by atoms with van der Waals surface area (Å²) in [6.07, 6.45) is 7.16. The van der Waals surface area contributed by atoms with Gasteiger partial charge in [-0.2, -0.15) is 0 Å². The Labute approximate surface area is 125 Å². The molecular formula is C18H20N2O. The van der Waals surface area contributed by atoms with Gasteiger partial charge in [0.1, 0.15) is 0 Å². The first-order valence-corrected chi connectivity index (χ1v) is 7.58. The Bertz CT molecular complexity index is 583. The molecule has 3 rings (SSSR count). The highest BCUT2D eigenvalue weighted by atomic mass is 16.2. The van der Waals surface area contributed by atoms with Gasteiger partial charge in [-0.25, -0.2) is 0 Å². The highest BCUT2D eigenvalue weighted by Crippen LogP contribution is 2.32. The summed E-state index contributed by atoms with van der Waals surface area (Å²) >= 11 is 0. The van der Waals surface area contributed by atoms with Crippen LogP contribution < -0.4 is 0 Å². The van der Waals surface area contributed by atoms with Crippen LogP contribution in [0.25, 0.3) is 0 Å². The molecular weight excluding hydrogens is 260 g/mol. The zero-order valence-corrected chi connectivity index (χ0v) is 12.1. The van der Waals surface area contributed by atoms with E-state index in [1.165, 1.54) is 11.1 Å². The summed E-state index contributed by atoms with van der Waals surface area (Å²) in [5.74, 6) is 0.262. The molecule has 1 aliphatic heterocycles. The molecule has 3 heteroatoms. The number of carbonyl (C=O) groups is 1. The fraction of sp³-hybridized carbons (Fsp3) is 0.333. The van der Waals surface area contributed by atoms with Crippen LogP contribution in [-0.2, 0) is 11.2 Å². The topological polar surface area (TPSA) is 33.2 Å². The molecule has 0 aliphatic carbocycles. The lowest BCUT2D eigenvalue weighted by atomic mass is 10.1. The smallest absolute Gasteiger partial charge is 0.223 e. The lowest BCUT2D eigenvalue weighted by Gasteiger charge is -2.25. The standard InChI is InChI=1S/C18H20N2O/c21-18(9-8-15-5-2-1-3-6-15)20-14-4-7-17(20)16-10-12-19-13-11-16/h1-3,5-6,10-13,17H,4,7-9,14H2/t17-/m0/s1. The number of hydrogen-bond acceptors (Lipinski definition) is 2. The third-order valence-corrected chi connectivity index (χ3v) is 4.13. The van der Waals surface area contributed by atoms with Crippen molar-refractivity contribution in [2.24, 2.45) is 0 Å². The number of aromatic nitrogens is 1. The third kappa shape index (κ3) is 3.30. The van der Waals surface area contributed by atoms with Crippen LogP contribution in [-0.4, -0.2) is 22.3 Å². The molecule has 1 atom stereocenters. The Kier molecular flexibility index (Phi) is 4.29. The minimum atomic E-state index is 0.233. The quantitative estimate of drug-likeness (QED) is 0.860. The molecule has 1 aliphatic rings. The minimum Gasteiger partial charge on any atom is -0.336 e. The van der Waals surface area contributed by atoms with Gasteiger partial charge in [0, 0.05) is 25.4 Å². The first-order valence-electron chi connectivity index (χ1n) is 7.58. The fourth-order valence-electron chi connectivity index (χ4n) is 3.04. The van der Waals surface area contributed by atoms with Crippen LogP contribution in [0.5, 0.6) is 0 Å². The van der Waals surface area contributed by atoms with Crippen molar-refractivity contribution in [3.05, 3.63) is 66.0 Å². The number of benzene rings is 1. The van der Waals surface area contributed by atoms with Crippen molar-refractivity contribution in [1.82, 2.24) is 9.88 Å². The zero-order chi connectivity index (χ0) is 14.5. The third-order valence-electron chi connectivity index (χ3n) is 4.13. The zero-order valence-electron chi connectivity index (χ0n) is 12.1. The molecule has 0 saturated carbocycles. The van der Waals surface area contributed by atoms with Crippen molar-refractivity contribution in [2.75, 3.05) is 6.54 Å². The molecule has 0 N–H and O–H groups in total. The number of nitrogens with zero attached hydrogens (tertiary/aromatic N) is 2. The highest BCUT2D eigenvalue weighted by molar-refractivity contribution is 5.77. The molecule has 1 fully saturated rings. The van der Waals surface area contributed by atoms with E-state index in [0.29, 0.717) is 6.42 Å². The van der Waals surface area contributed by atoms with E-state index >= 15 is 0 Å². The van der Waals surface area contributed by atoms with Crippen molar-refractivity contribution >= 4 is 5.91 Å². The maximum Gasteiger partial charge on any atom is 0.223 e. The molecule has 0 spiro atoms. The predicted molar refractivity (Wildman–Crippen MR) is 82.7 cm³/mol. The van der Waals surface area contributed by atoms with E-state index in [-0.39, 0.29) is 11.9 Å². The van der Waals surface area contributed by atoms with E-state index in [1.807, 2.05) is 35.2 Å². The van der Waals surface area contributed by atoms with Crippen molar-refractivity contribution in [2.45, 2.75) is 31.7 Å². The van der Waals surface area contributed by atoms with Gasteiger partial charge in [0.2, 0.25) is 5.91 Å². The molecule has 0 unspecified atom stereocenters. The average Bonchev–Trinajstić information content (AvgIpc) is 3.04. The molecule has 108 valence electrons. The van der Waals surface area contributed by atoms with Gasteiger partial charge in [-0.15, -0.1) is 0 Å². The Morgan fingerprint density at radius 1 is 1.14 bits per heavy atom. The van der Waals surface area contributed by atoms with E-state index in [9.17, 15) is 4.79 Å². The van der Waals surface area contributed by atoms with Gasteiger partial charge in [-0.05, 0) is 42.5 Å². The maximum atomic E-state index is 12.5. The normalized spacial score (nSPS) is 17.9. The van der Waals surface area contributed by atoms with Crippen LogP contribution in [0, 0.1) is 0 Å².